The van der Waals surface area contributed by atoms with Gasteiger partial charge < -0.3 is 5.73 Å². The number of hydrogen-bond donors (Lipinski definition) is 1. The number of aryl methyl sites for hydroxylation is 1. The standard InChI is InChI=1S/C17H28N2/c1-14-8-10-16(11-9-14)17(18)15(2)19-12-6-4-3-5-7-13-19/h8-11,15,17H,3-7,12-13,18H2,1-2H3. The zero-order chi connectivity index (χ0) is 13.7. The van der Waals surface area contributed by atoms with Gasteiger partial charge in [-0.3, -0.25) is 4.90 Å². The summed E-state index contributed by atoms with van der Waals surface area (Å²) >= 11 is 0. The average molecular weight is 260 g/mol. The molecule has 0 aliphatic carbocycles. The smallest absolute Gasteiger partial charge is 0.0450 e. The van der Waals surface area contributed by atoms with E-state index in [0.717, 1.165) is 0 Å². The molecule has 0 bridgehead atoms. The topological polar surface area (TPSA) is 29.3 Å². The van der Waals surface area contributed by atoms with E-state index < -0.39 is 0 Å². The zero-order valence-electron chi connectivity index (χ0n) is 12.4. The van der Waals surface area contributed by atoms with Crippen molar-refractivity contribution in [3.8, 4) is 0 Å². The molecule has 0 radical (unpaired) electrons. The minimum Gasteiger partial charge on any atom is -0.323 e. The van der Waals surface area contributed by atoms with Gasteiger partial charge in [-0.15, -0.1) is 0 Å². The molecule has 1 heterocycles. The fourth-order valence-corrected chi connectivity index (χ4v) is 2.97. The van der Waals surface area contributed by atoms with Crippen LogP contribution in [0.15, 0.2) is 24.3 Å². The third-order valence-corrected chi connectivity index (χ3v) is 4.45. The van der Waals surface area contributed by atoms with Crippen molar-refractivity contribution in [2.45, 2.75) is 58.0 Å². The van der Waals surface area contributed by atoms with E-state index in [1.54, 1.807) is 0 Å². The molecular formula is C17H28N2. The van der Waals surface area contributed by atoms with E-state index in [0.29, 0.717) is 6.04 Å². The minimum absolute atomic E-state index is 0.125. The SMILES string of the molecule is Cc1ccc(C(N)C(C)N2CCCCCCC2)cc1. The van der Waals surface area contributed by atoms with Crippen molar-refractivity contribution in [1.82, 2.24) is 4.90 Å². The van der Waals surface area contributed by atoms with Crippen molar-refractivity contribution in [3.05, 3.63) is 35.4 Å². The van der Waals surface area contributed by atoms with Crippen LogP contribution < -0.4 is 5.73 Å². The minimum atomic E-state index is 0.125. The number of likely N-dealkylation sites (tertiary alicyclic amines) is 1. The Morgan fingerprint density at radius 2 is 1.47 bits per heavy atom. The summed E-state index contributed by atoms with van der Waals surface area (Å²) in [5.41, 5.74) is 9.03. The van der Waals surface area contributed by atoms with Crippen LogP contribution in [0.3, 0.4) is 0 Å². The molecule has 2 rings (SSSR count). The average Bonchev–Trinajstić information content (AvgIpc) is 2.38. The highest BCUT2D eigenvalue weighted by Crippen LogP contribution is 2.21. The molecule has 1 saturated heterocycles. The molecule has 0 spiro atoms. The van der Waals surface area contributed by atoms with Gasteiger partial charge in [0, 0.05) is 12.1 Å². The van der Waals surface area contributed by atoms with Gasteiger partial charge in [-0.25, -0.2) is 0 Å². The first-order chi connectivity index (χ1) is 9.18. The Labute approximate surface area is 118 Å². The van der Waals surface area contributed by atoms with E-state index in [-0.39, 0.29) is 6.04 Å². The zero-order valence-corrected chi connectivity index (χ0v) is 12.4. The quantitative estimate of drug-likeness (QED) is 0.899. The van der Waals surface area contributed by atoms with E-state index in [9.17, 15) is 0 Å². The lowest BCUT2D eigenvalue weighted by atomic mass is 9.97. The third-order valence-electron chi connectivity index (χ3n) is 4.45. The number of hydrogen-bond acceptors (Lipinski definition) is 2. The van der Waals surface area contributed by atoms with Crippen molar-refractivity contribution in [3.63, 3.8) is 0 Å². The number of nitrogens with two attached hydrogens (primary N) is 1. The van der Waals surface area contributed by atoms with Crippen molar-refractivity contribution in [2.75, 3.05) is 13.1 Å². The Hall–Kier alpha value is -0.860. The summed E-state index contributed by atoms with van der Waals surface area (Å²) in [4.78, 5) is 2.59. The highest BCUT2D eigenvalue weighted by atomic mass is 15.2. The second-order valence-electron chi connectivity index (χ2n) is 5.98. The van der Waals surface area contributed by atoms with E-state index in [1.165, 1.54) is 56.3 Å². The lowest BCUT2D eigenvalue weighted by Gasteiger charge is -2.34. The molecule has 2 heteroatoms. The largest absolute Gasteiger partial charge is 0.323 e. The molecule has 1 fully saturated rings. The molecule has 2 N–H and O–H groups in total. The monoisotopic (exact) mass is 260 g/mol. The van der Waals surface area contributed by atoms with Crippen LogP contribution >= 0.6 is 0 Å². The van der Waals surface area contributed by atoms with E-state index in [4.69, 9.17) is 5.73 Å². The van der Waals surface area contributed by atoms with Crippen LogP contribution in [-0.4, -0.2) is 24.0 Å². The van der Waals surface area contributed by atoms with E-state index >= 15 is 0 Å². The maximum Gasteiger partial charge on any atom is 0.0450 e. The molecule has 0 amide bonds. The fraction of sp³-hybridized carbons (Fsp3) is 0.647. The first kappa shape index (κ1) is 14.5. The number of nitrogens with zero attached hydrogens (tertiary/aromatic N) is 1. The normalized spacial score (nSPS) is 21.4. The van der Waals surface area contributed by atoms with Crippen LogP contribution in [0.1, 0.15) is 56.2 Å². The molecule has 0 aromatic heterocycles. The molecular weight excluding hydrogens is 232 g/mol. The van der Waals surface area contributed by atoms with Gasteiger partial charge in [0.05, 0.1) is 0 Å². The van der Waals surface area contributed by atoms with Crippen LogP contribution in [0.2, 0.25) is 0 Å². The van der Waals surface area contributed by atoms with Crippen molar-refractivity contribution < 1.29 is 0 Å². The van der Waals surface area contributed by atoms with Crippen molar-refractivity contribution in [1.29, 1.82) is 0 Å². The van der Waals surface area contributed by atoms with Gasteiger partial charge in [-0.2, -0.15) is 0 Å². The summed E-state index contributed by atoms with van der Waals surface area (Å²) in [6, 6.07) is 9.24. The van der Waals surface area contributed by atoms with Gasteiger partial charge >= 0.3 is 0 Å². The van der Waals surface area contributed by atoms with Crippen molar-refractivity contribution in [2.24, 2.45) is 5.73 Å². The van der Waals surface area contributed by atoms with Gasteiger partial charge in [0.1, 0.15) is 0 Å². The molecule has 2 atom stereocenters. The van der Waals surface area contributed by atoms with Gasteiger partial charge in [-0.05, 0) is 45.3 Å². The molecule has 19 heavy (non-hydrogen) atoms. The van der Waals surface area contributed by atoms with E-state index in [2.05, 4.69) is 43.0 Å². The van der Waals surface area contributed by atoms with Gasteiger partial charge in [0.15, 0.2) is 0 Å². The molecule has 2 nitrogen and oxygen atoms in total. The number of benzene rings is 1. The molecule has 1 aromatic rings. The maximum atomic E-state index is 6.47. The predicted molar refractivity (Wildman–Crippen MR) is 82.2 cm³/mol. The lowest BCUT2D eigenvalue weighted by molar-refractivity contribution is 0.168. The second-order valence-corrected chi connectivity index (χ2v) is 5.98. The Kier molecular flexibility index (Phi) is 5.41. The Balaban J connectivity index is 2.00. The van der Waals surface area contributed by atoms with Crippen LogP contribution in [0, 0.1) is 6.92 Å². The summed E-state index contributed by atoms with van der Waals surface area (Å²) in [5, 5.41) is 0. The molecule has 0 saturated carbocycles. The number of rotatable bonds is 3. The van der Waals surface area contributed by atoms with Gasteiger partial charge in [0.2, 0.25) is 0 Å². The Bertz CT molecular complexity index is 363. The molecule has 1 aromatic carbocycles. The maximum absolute atomic E-state index is 6.47. The van der Waals surface area contributed by atoms with Gasteiger partial charge in [-0.1, -0.05) is 49.1 Å². The van der Waals surface area contributed by atoms with E-state index in [1.807, 2.05) is 0 Å². The molecule has 106 valence electrons. The summed E-state index contributed by atoms with van der Waals surface area (Å²) in [5.74, 6) is 0. The molecule has 1 aliphatic heterocycles. The Morgan fingerprint density at radius 1 is 0.947 bits per heavy atom. The van der Waals surface area contributed by atoms with Crippen LogP contribution in [0.25, 0.3) is 0 Å². The Morgan fingerprint density at radius 3 is 2.05 bits per heavy atom. The summed E-state index contributed by atoms with van der Waals surface area (Å²) in [7, 11) is 0. The van der Waals surface area contributed by atoms with Gasteiger partial charge in [0.25, 0.3) is 0 Å². The highest BCUT2D eigenvalue weighted by molar-refractivity contribution is 5.24. The van der Waals surface area contributed by atoms with Crippen molar-refractivity contribution >= 4 is 0 Å². The first-order valence-electron chi connectivity index (χ1n) is 7.74. The molecule has 2 unspecified atom stereocenters. The first-order valence-corrected chi connectivity index (χ1v) is 7.74. The fourth-order valence-electron chi connectivity index (χ4n) is 2.97. The second kappa shape index (κ2) is 7.06. The van der Waals surface area contributed by atoms with Crippen LogP contribution in [0.5, 0.6) is 0 Å². The third kappa shape index (κ3) is 4.05. The molecule has 1 aliphatic rings. The lowest BCUT2D eigenvalue weighted by Crippen LogP contribution is -2.42. The summed E-state index contributed by atoms with van der Waals surface area (Å²) in [6.07, 6.45) is 6.81. The summed E-state index contributed by atoms with van der Waals surface area (Å²) < 4.78 is 0. The predicted octanol–water partition coefficient (Wildman–Crippen LogP) is 3.65. The van der Waals surface area contributed by atoms with Crippen LogP contribution in [0.4, 0.5) is 0 Å². The highest BCUT2D eigenvalue weighted by Gasteiger charge is 2.22. The van der Waals surface area contributed by atoms with Crippen LogP contribution in [-0.2, 0) is 0 Å². The summed E-state index contributed by atoms with van der Waals surface area (Å²) in [6.45, 7) is 6.82.